The van der Waals surface area contributed by atoms with Crippen LogP contribution < -0.4 is 15.8 Å². The molecule has 1 aromatic heterocycles. The summed E-state index contributed by atoms with van der Waals surface area (Å²) in [5, 5.41) is 2.54. The van der Waals surface area contributed by atoms with Crippen LogP contribution in [0, 0.1) is 0 Å². The minimum atomic E-state index is -3.45. The Labute approximate surface area is 147 Å². The fraction of sp³-hybridized carbons (Fsp3) is 0.643. The van der Waals surface area contributed by atoms with Crippen molar-refractivity contribution in [3.63, 3.8) is 0 Å². The number of hydrogen-bond acceptors (Lipinski definition) is 6. The van der Waals surface area contributed by atoms with Crippen LogP contribution in [0.4, 0.5) is 0 Å². The summed E-state index contributed by atoms with van der Waals surface area (Å²) >= 11 is 0. The van der Waals surface area contributed by atoms with Gasteiger partial charge >= 0.3 is 0 Å². The molecule has 1 aliphatic rings. The van der Waals surface area contributed by atoms with E-state index in [1.807, 2.05) is 0 Å². The van der Waals surface area contributed by atoms with Crippen LogP contribution in [0.1, 0.15) is 35.4 Å². The van der Waals surface area contributed by atoms with Gasteiger partial charge in [0.05, 0.1) is 24.0 Å². The smallest absolute Gasteiger partial charge is 0.254 e. The first-order chi connectivity index (χ1) is 11.0. The molecule has 24 heavy (non-hydrogen) atoms. The minimum Gasteiger partial charge on any atom is -0.467 e. The van der Waals surface area contributed by atoms with Crippen LogP contribution in [0.3, 0.4) is 0 Å². The highest BCUT2D eigenvalue weighted by Crippen LogP contribution is 2.11. The summed E-state index contributed by atoms with van der Waals surface area (Å²) in [6.45, 7) is 1.17. The number of nitrogens with two attached hydrogens (primary N) is 1. The van der Waals surface area contributed by atoms with Gasteiger partial charge in [-0.05, 0) is 25.3 Å². The van der Waals surface area contributed by atoms with E-state index in [9.17, 15) is 13.2 Å². The van der Waals surface area contributed by atoms with E-state index < -0.39 is 10.0 Å². The molecule has 2 heterocycles. The topological polar surface area (TPSA) is 124 Å². The maximum atomic E-state index is 11.9. The van der Waals surface area contributed by atoms with Gasteiger partial charge in [-0.1, -0.05) is 0 Å². The zero-order valence-electron chi connectivity index (χ0n) is 13.3. The second-order valence-corrected chi connectivity index (χ2v) is 7.34. The number of rotatable bonds is 8. The molecule has 0 bridgehead atoms. The molecule has 1 saturated heterocycles. The Bertz CT molecular complexity index is 614. The Morgan fingerprint density at radius 1 is 1.38 bits per heavy atom. The van der Waals surface area contributed by atoms with Crippen LogP contribution in [0.25, 0.3) is 0 Å². The highest BCUT2D eigenvalue weighted by atomic mass is 35.5. The SMILES string of the molecule is Cl.NCc1cc(C(=O)NCCS(=O)(=O)NCC2CCCCO2)co1. The Morgan fingerprint density at radius 3 is 2.79 bits per heavy atom. The van der Waals surface area contributed by atoms with E-state index in [0.29, 0.717) is 17.9 Å². The molecular weight excluding hydrogens is 358 g/mol. The van der Waals surface area contributed by atoms with Crippen LogP contribution in [0.15, 0.2) is 16.7 Å². The molecule has 1 unspecified atom stereocenters. The quantitative estimate of drug-likeness (QED) is 0.598. The summed E-state index contributed by atoms with van der Waals surface area (Å²) in [7, 11) is -3.45. The first-order valence-corrected chi connectivity index (χ1v) is 9.30. The monoisotopic (exact) mass is 381 g/mol. The van der Waals surface area contributed by atoms with Gasteiger partial charge in [-0.25, -0.2) is 13.1 Å². The normalized spacial score (nSPS) is 18.0. The van der Waals surface area contributed by atoms with Crippen LogP contribution in [0.2, 0.25) is 0 Å². The molecule has 0 radical (unpaired) electrons. The summed E-state index contributed by atoms with van der Waals surface area (Å²) in [6, 6.07) is 1.53. The van der Waals surface area contributed by atoms with Crippen molar-refractivity contribution in [1.29, 1.82) is 0 Å². The van der Waals surface area contributed by atoms with Gasteiger partial charge < -0.3 is 20.2 Å². The number of halogens is 1. The van der Waals surface area contributed by atoms with Gasteiger partial charge in [0.1, 0.15) is 12.0 Å². The zero-order valence-corrected chi connectivity index (χ0v) is 15.0. The van der Waals surface area contributed by atoms with Crippen molar-refractivity contribution >= 4 is 28.3 Å². The standard InChI is InChI=1S/C14H23N3O5S.ClH/c15-8-13-7-11(10-22-13)14(18)16-4-6-23(19,20)17-9-12-3-1-2-5-21-12;/h7,10,12,17H,1-6,8-9,15H2,(H,16,18);1H. The van der Waals surface area contributed by atoms with Gasteiger partial charge in [0, 0.05) is 19.7 Å². The average Bonchev–Trinajstić information content (AvgIpc) is 3.03. The van der Waals surface area contributed by atoms with Gasteiger partial charge in [-0.2, -0.15) is 0 Å². The van der Waals surface area contributed by atoms with Crippen LogP contribution in [-0.2, 0) is 21.3 Å². The lowest BCUT2D eigenvalue weighted by Gasteiger charge is -2.22. The maximum Gasteiger partial charge on any atom is 0.254 e. The molecule has 1 aromatic rings. The van der Waals surface area contributed by atoms with E-state index in [2.05, 4.69) is 10.0 Å². The second kappa shape index (κ2) is 10.00. The maximum absolute atomic E-state index is 11.9. The van der Waals surface area contributed by atoms with Gasteiger partial charge in [-0.15, -0.1) is 12.4 Å². The molecule has 8 nitrogen and oxygen atoms in total. The molecular formula is C14H24ClN3O5S. The van der Waals surface area contributed by atoms with Crippen LogP contribution in [0.5, 0.6) is 0 Å². The molecule has 2 rings (SSSR count). The molecule has 4 N–H and O–H groups in total. The summed E-state index contributed by atoms with van der Waals surface area (Å²) in [5.41, 5.74) is 5.72. The molecule has 0 aliphatic carbocycles. The van der Waals surface area contributed by atoms with E-state index in [0.717, 1.165) is 19.3 Å². The van der Waals surface area contributed by atoms with Crippen LogP contribution in [-0.4, -0.2) is 45.9 Å². The van der Waals surface area contributed by atoms with E-state index in [1.165, 1.54) is 12.3 Å². The molecule has 1 fully saturated rings. The number of nitrogens with one attached hydrogen (secondary N) is 2. The summed E-state index contributed by atoms with van der Waals surface area (Å²) in [6.07, 6.45) is 4.18. The average molecular weight is 382 g/mol. The van der Waals surface area contributed by atoms with Crippen molar-refractivity contribution in [2.45, 2.75) is 31.9 Å². The molecule has 1 aliphatic heterocycles. The van der Waals surface area contributed by atoms with Crippen molar-refractivity contribution in [2.24, 2.45) is 5.73 Å². The van der Waals surface area contributed by atoms with Gasteiger partial charge in [0.15, 0.2) is 0 Å². The van der Waals surface area contributed by atoms with E-state index in [4.69, 9.17) is 14.9 Å². The lowest BCUT2D eigenvalue weighted by Crippen LogP contribution is -2.39. The van der Waals surface area contributed by atoms with Crippen molar-refractivity contribution in [3.05, 3.63) is 23.7 Å². The molecule has 138 valence electrons. The number of ether oxygens (including phenoxy) is 1. The Balaban J connectivity index is 0.00000288. The Kier molecular flexibility index (Phi) is 8.71. The third-order valence-electron chi connectivity index (χ3n) is 3.58. The van der Waals surface area contributed by atoms with Gasteiger partial charge in [0.25, 0.3) is 5.91 Å². The largest absolute Gasteiger partial charge is 0.467 e. The van der Waals surface area contributed by atoms with Gasteiger partial charge in [0.2, 0.25) is 10.0 Å². The summed E-state index contributed by atoms with van der Waals surface area (Å²) in [4.78, 5) is 11.8. The molecule has 1 amide bonds. The minimum absolute atomic E-state index is 0. The number of carbonyl (C=O) groups is 1. The lowest BCUT2D eigenvalue weighted by atomic mass is 10.1. The Hall–Kier alpha value is -1.13. The molecule has 0 spiro atoms. The van der Waals surface area contributed by atoms with Gasteiger partial charge in [-0.3, -0.25) is 4.79 Å². The third-order valence-corrected chi connectivity index (χ3v) is 4.93. The third kappa shape index (κ3) is 6.78. The Morgan fingerprint density at radius 2 is 2.17 bits per heavy atom. The number of amides is 1. The first-order valence-electron chi connectivity index (χ1n) is 7.65. The first kappa shape index (κ1) is 20.9. The molecule has 1 atom stereocenters. The predicted molar refractivity (Wildman–Crippen MR) is 91.6 cm³/mol. The number of sulfonamides is 1. The van der Waals surface area contributed by atoms with Crippen molar-refractivity contribution in [1.82, 2.24) is 10.0 Å². The number of carbonyl (C=O) groups excluding carboxylic acids is 1. The molecule has 0 saturated carbocycles. The summed E-state index contributed by atoms with van der Waals surface area (Å²) < 4.78 is 36.8. The number of hydrogen-bond donors (Lipinski definition) is 3. The van der Waals surface area contributed by atoms with E-state index >= 15 is 0 Å². The van der Waals surface area contributed by atoms with E-state index in [-0.39, 0.29) is 49.8 Å². The van der Waals surface area contributed by atoms with Crippen molar-refractivity contribution in [2.75, 3.05) is 25.4 Å². The fourth-order valence-corrected chi connectivity index (χ4v) is 3.22. The van der Waals surface area contributed by atoms with Crippen molar-refractivity contribution < 1.29 is 22.4 Å². The predicted octanol–water partition coefficient (Wildman–Crippen LogP) is 0.378. The fourth-order valence-electron chi connectivity index (χ4n) is 2.27. The second-order valence-electron chi connectivity index (χ2n) is 5.42. The zero-order chi connectivity index (χ0) is 16.7. The van der Waals surface area contributed by atoms with Crippen molar-refractivity contribution in [3.8, 4) is 0 Å². The molecule has 0 aromatic carbocycles. The summed E-state index contributed by atoms with van der Waals surface area (Å²) in [5.74, 6) is -0.0799. The lowest BCUT2D eigenvalue weighted by molar-refractivity contribution is 0.0200. The number of furan rings is 1. The van der Waals surface area contributed by atoms with Crippen LogP contribution >= 0.6 is 12.4 Å². The molecule has 10 heteroatoms. The highest BCUT2D eigenvalue weighted by Gasteiger charge is 2.18. The highest BCUT2D eigenvalue weighted by molar-refractivity contribution is 7.89. The van der Waals surface area contributed by atoms with E-state index in [1.54, 1.807) is 0 Å².